The average Bonchev–Trinajstić information content (AvgIpc) is 3.38. The molecule has 2 aromatic rings. The fraction of sp³-hybridized carbons (Fsp3) is 0.391. The van der Waals surface area contributed by atoms with E-state index in [9.17, 15) is 34.2 Å². The maximum absolute atomic E-state index is 13.2. The Morgan fingerprint density at radius 1 is 0.921 bits per heavy atom. The van der Waals surface area contributed by atoms with E-state index in [1.54, 1.807) is 12.1 Å². The molecule has 2 rings (SSSR count). The van der Waals surface area contributed by atoms with Crippen molar-refractivity contribution in [1.82, 2.24) is 25.9 Å². The molecule has 15 nitrogen and oxygen atoms in total. The molecule has 0 fully saturated rings. The van der Waals surface area contributed by atoms with E-state index in [0.717, 1.165) is 0 Å². The second-order valence-corrected chi connectivity index (χ2v) is 8.47. The van der Waals surface area contributed by atoms with Crippen LogP contribution in [-0.4, -0.2) is 85.7 Å². The van der Waals surface area contributed by atoms with Gasteiger partial charge in [-0.1, -0.05) is 12.1 Å². The fourth-order valence-corrected chi connectivity index (χ4v) is 3.37. The highest BCUT2D eigenvalue weighted by molar-refractivity contribution is 5.94. The summed E-state index contributed by atoms with van der Waals surface area (Å²) in [4.78, 5) is 67.8. The number of carbonyl (C=O) groups excluding carboxylic acids is 4. The molecule has 15 heteroatoms. The number of aliphatic hydroxyl groups excluding tert-OH is 1. The lowest BCUT2D eigenvalue weighted by Gasteiger charge is -2.24. The predicted molar refractivity (Wildman–Crippen MR) is 131 cm³/mol. The lowest BCUT2D eigenvalue weighted by atomic mass is 10.0. The van der Waals surface area contributed by atoms with Gasteiger partial charge in [-0.2, -0.15) is 0 Å². The molecule has 1 aromatic heterocycles. The number of phenols is 1. The van der Waals surface area contributed by atoms with Crippen LogP contribution < -0.4 is 27.4 Å². The monoisotopic (exact) mass is 533 g/mol. The molecule has 0 saturated heterocycles. The standard InChI is InChI=1S/C23H31N7O8/c24-15(7-12-1-3-14(32)4-2-12)20(34)29-17(8-13-9-26-11-27-13)22(36)28-16(5-6-19(25)33)21(35)30-18(10-31)23(37)38/h1-4,9,11,15-18,31-32H,5-8,10,24H2,(H2,25,33)(H,26,27)(H,28,36)(H,29,34)(H,30,35)(H,37,38). The molecular weight excluding hydrogens is 502 g/mol. The second kappa shape index (κ2) is 14.3. The number of nitrogens with one attached hydrogen (secondary N) is 4. The molecule has 38 heavy (non-hydrogen) atoms. The number of hydrogen-bond acceptors (Lipinski definition) is 9. The number of aliphatic carboxylic acids is 1. The van der Waals surface area contributed by atoms with Crippen LogP contribution in [0.3, 0.4) is 0 Å². The minimum atomic E-state index is -1.64. The lowest BCUT2D eigenvalue weighted by molar-refractivity contribution is -0.143. The zero-order chi connectivity index (χ0) is 28.2. The number of hydrogen-bond donors (Lipinski definition) is 9. The number of nitrogens with two attached hydrogens (primary N) is 2. The highest BCUT2D eigenvalue weighted by Crippen LogP contribution is 2.11. The number of amides is 4. The number of benzene rings is 1. The maximum atomic E-state index is 13.2. The summed E-state index contributed by atoms with van der Waals surface area (Å²) < 4.78 is 0. The number of carboxylic acid groups (broad SMARTS) is 1. The third-order valence-electron chi connectivity index (χ3n) is 5.45. The van der Waals surface area contributed by atoms with Crippen LogP contribution in [0.4, 0.5) is 0 Å². The van der Waals surface area contributed by atoms with E-state index in [0.29, 0.717) is 11.3 Å². The SMILES string of the molecule is NC(=O)CCC(NC(=O)C(Cc1cnc[nH]1)NC(=O)C(N)Cc1ccc(O)cc1)C(=O)NC(CO)C(=O)O. The number of rotatable bonds is 15. The Balaban J connectivity index is 2.17. The Morgan fingerprint density at radius 3 is 2.08 bits per heavy atom. The van der Waals surface area contributed by atoms with Gasteiger partial charge in [-0.05, 0) is 30.5 Å². The molecule has 0 aliphatic heterocycles. The lowest BCUT2D eigenvalue weighted by Crippen LogP contribution is -2.58. The summed E-state index contributed by atoms with van der Waals surface area (Å²) in [6, 6.07) is 0.710. The van der Waals surface area contributed by atoms with E-state index in [4.69, 9.17) is 16.6 Å². The minimum Gasteiger partial charge on any atom is -0.508 e. The molecule has 0 bridgehead atoms. The van der Waals surface area contributed by atoms with Crippen molar-refractivity contribution < 1.29 is 39.3 Å². The van der Waals surface area contributed by atoms with Gasteiger partial charge in [-0.3, -0.25) is 19.2 Å². The summed E-state index contributed by atoms with van der Waals surface area (Å²) in [5.74, 6) is -4.71. The van der Waals surface area contributed by atoms with Gasteiger partial charge in [-0.15, -0.1) is 0 Å². The van der Waals surface area contributed by atoms with Gasteiger partial charge >= 0.3 is 5.97 Å². The van der Waals surface area contributed by atoms with Crippen LogP contribution in [0.1, 0.15) is 24.1 Å². The van der Waals surface area contributed by atoms with E-state index < -0.39 is 60.4 Å². The van der Waals surface area contributed by atoms with Crippen molar-refractivity contribution >= 4 is 29.6 Å². The number of primary amides is 1. The van der Waals surface area contributed by atoms with Gasteiger partial charge in [-0.25, -0.2) is 9.78 Å². The third kappa shape index (κ3) is 9.51. The van der Waals surface area contributed by atoms with Gasteiger partial charge < -0.3 is 47.7 Å². The van der Waals surface area contributed by atoms with Crippen molar-refractivity contribution in [2.24, 2.45) is 11.5 Å². The first-order chi connectivity index (χ1) is 18.0. The van der Waals surface area contributed by atoms with Crippen LogP contribution in [0.2, 0.25) is 0 Å². The van der Waals surface area contributed by atoms with Crippen molar-refractivity contribution in [3.63, 3.8) is 0 Å². The molecule has 11 N–H and O–H groups in total. The number of carboxylic acids is 1. The number of aliphatic hydroxyl groups is 1. The fourth-order valence-electron chi connectivity index (χ4n) is 3.37. The van der Waals surface area contributed by atoms with Crippen LogP contribution >= 0.6 is 0 Å². The van der Waals surface area contributed by atoms with Gasteiger partial charge in [0.25, 0.3) is 0 Å². The molecule has 0 aliphatic carbocycles. The van der Waals surface area contributed by atoms with Gasteiger partial charge in [0.1, 0.15) is 23.9 Å². The molecule has 1 heterocycles. The quantitative estimate of drug-likeness (QED) is 0.112. The molecule has 4 unspecified atom stereocenters. The van der Waals surface area contributed by atoms with Gasteiger partial charge in [0, 0.05) is 24.7 Å². The molecule has 0 aliphatic rings. The first kappa shape index (κ1) is 29.7. The largest absolute Gasteiger partial charge is 0.508 e. The smallest absolute Gasteiger partial charge is 0.328 e. The van der Waals surface area contributed by atoms with Crippen molar-refractivity contribution in [1.29, 1.82) is 0 Å². The van der Waals surface area contributed by atoms with Crippen molar-refractivity contribution in [3.05, 3.63) is 48.0 Å². The Hall–Kier alpha value is -4.50. The van der Waals surface area contributed by atoms with E-state index in [1.807, 2.05) is 0 Å². The molecular formula is C23H31N7O8. The molecule has 1 aromatic carbocycles. The van der Waals surface area contributed by atoms with Crippen LogP contribution in [-0.2, 0) is 36.8 Å². The zero-order valence-corrected chi connectivity index (χ0v) is 20.3. The first-order valence-electron chi connectivity index (χ1n) is 11.5. The van der Waals surface area contributed by atoms with Gasteiger partial charge in [0.2, 0.25) is 23.6 Å². The Labute approximate surface area is 217 Å². The highest BCUT2D eigenvalue weighted by Gasteiger charge is 2.30. The third-order valence-corrected chi connectivity index (χ3v) is 5.45. The van der Waals surface area contributed by atoms with Crippen molar-refractivity contribution in [2.45, 2.75) is 49.9 Å². The Morgan fingerprint density at radius 2 is 1.53 bits per heavy atom. The summed E-state index contributed by atoms with van der Waals surface area (Å²) in [6.07, 6.45) is 2.25. The minimum absolute atomic E-state index is 0.0478. The second-order valence-electron chi connectivity index (χ2n) is 8.47. The van der Waals surface area contributed by atoms with Crippen LogP contribution in [0.5, 0.6) is 5.75 Å². The summed E-state index contributed by atoms with van der Waals surface area (Å²) in [6.45, 7) is -0.908. The number of H-pyrrole nitrogens is 1. The number of aromatic hydroxyl groups is 1. The summed E-state index contributed by atoms with van der Waals surface area (Å²) in [7, 11) is 0. The van der Waals surface area contributed by atoms with Gasteiger partial charge in [0.05, 0.1) is 19.0 Å². The van der Waals surface area contributed by atoms with E-state index in [-0.39, 0.29) is 31.4 Å². The predicted octanol–water partition coefficient (Wildman–Crippen LogP) is -2.98. The van der Waals surface area contributed by atoms with Crippen molar-refractivity contribution in [2.75, 3.05) is 6.61 Å². The number of aromatic amines is 1. The number of carbonyl (C=O) groups is 5. The normalized spacial score (nSPS) is 13.9. The van der Waals surface area contributed by atoms with E-state index >= 15 is 0 Å². The van der Waals surface area contributed by atoms with Crippen LogP contribution in [0.15, 0.2) is 36.8 Å². The van der Waals surface area contributed by atoms with Crippen LogP contribution in [0.25, 0.3) is 0 Å². The summed E-state index contributed by atoms with van der Waals surface area (Å²) in [5, 5.41) is 34.7. The van der Waals surface area contributed by atoms with Gasteiger partial charge in [0.15, 0.2) is 0 Å². The number of nitrogens with zero attached hydrogens (tertiary/aromatic N) is 1. The molecule has 206 valence electrons. The van der Waals surface area contributed by atoms with E-state index in [1.165, 1.54) is 24.7 Å². The molecule has 0 radical (unpaired) electrons. The summed E-state index contributed by atoms with van der Waals surface area (Å²) in [5.41, 5.74) is 12.3. The maximum Gasteiger partial charge on any atom is 0.328 e. The average molecular weight is 534 g/mol. The highest BCUT2D eigenvalue weighted by atomic mass is 16.4. The topological polar surface area (TPSA) is 263 Å². The number of imidazole rings is 1. The van der Waals surface area contributed by atoms with Crippen molar-refractivity contribution in [3.8, 4) is 5.75 Å². The van der Waals surface area contributed by atoms with E-state index in [2.05, 4.69) is 25.9 Å². The van der Waals surface area contributed by atoms with Crippen LogP contribution in [0, 0.1) is 0 Å². The summed E-state index contributed by atoms with van der Waals surface area (Å²) >= 11 is 0. The first-order valence-corrected chi connectivity index (χ1v) is 11.5. The molecule has 4 atom stereocenters. The number of phenolic OH excluding ortho intramolecular Hbond substituents is 1. The zero-order valence-electron chi connectivity index (χ0n) is 20.3. The molecule has 0 saturated carbocycles. The molecule has 0 spiro atoms. The number of aromatic nitrogens is 2. The molecule has 4 amide bonds. The Bertz CT molecular complexity index is 1110. The Kier molecular flexibility index (Phi) is 11.2.